The maximum Gasteiger partial charge on any atom is 0.323 e. The van der Waals surface area contributed by atoms with Gasteiger partial charge in [-0.25, -0.2) is 9.78 Å². The SMILES string of the molecule is CCC[C@@H](C)NC(=O)Cc1csc(N2CCNC2=O)n1. The Balaban J connectivity index is 1.89. The van der Waals surface area contributed by atoms with Gasteiger partial charge in [0.25, 0.3) is 0 Å². The molecule has 1 saturated heterocycles. The lowest BCUT2D eigenvalue weighted by Gasteiger charge is -2.12. The number of aromatic nitrogens is 1. The minimum Gasteiger partial charge on any atom is -0.353 e. The third-order valence-corrected chi connectivity index (χ3v) is 4.01. The Morgan fingerprint density at radius 3 is 3.10 bits per heavy atom. The highest BCUT2D eigenvalue weighted by Crippen LogP contribution is 2.22. The minimum atomic E-state index is -0.119. The molecule has 1 aromatic rings. The molecule has 0 unspecified atom stereocenters. The summed E-state index contributed by atoms with van der Waals surface area (Å²) < 4.78 is 0. The summed E-state index contributed by atoms with van der Waals surface area (Å²) >= 11 is 1.40. The molecule has 2 rings (SSSR count). The number of rotatable bonds is 6. The minimum absolute atomic E-state index is 0.0197. The second-order valence-electron chi connectivity index (χ2n) is 4.94. The van der Waals surface area contributed by atoms with Crippen LogP contribution in [0.15, 0.2) is 5.38 Å². The van der Waals surface area contributed by atoms with Gasteiger partial charge in [0.05, 0.1) is 12.1 Å². The third kappa shape index (κ3) is 3.69. The van der Waals surface area contributed by atoms with Crippen LogP contribution in [0.2, 0.25) is 0 Å². The predicted molar refractivity (Wildman–Crippen MR) is 79.1 cm³/mol. The molecule has 0 aromatic carbocycles. The molecule has 0 radical (unpaired) electrons. The van der Waals surface area contributed by atoms with E-state index in [2.05, 4.69) is 22.5 Å². The van der Waals surface area contributed by atoms with E-state index in [1.54, 1.807) is 4.90 Å². The van der Waals surface area contributed by atoms with E-state index in [1.807, 2.05) is 12.3 Å². The van der Waals surface area contributed by atoms with Crippen molar-refractivity contribution >= 4 is 28.4 Å². The summed E-state index contributed by atoms with van der Waals surface area (Å²) in [5.41, 5.74) is 0.714. The first kappa shape index (κ1) is 14.8. The molecule has 1 fully saturated rings. The summed E-state index contributed by atoms with van der Waals surface area (Å²) in [7, 11) is 0. The summed E-state index contributed by atoms with van der Waals surface area (Å²) in [5.74, 6) is -0.0197. The van der Waals surface area contributed by atoms with Crippen molar-refractivity contribution in [2.45, 2.75) is 39.2 Å². The number of carbonyl (C=O) groups is 2. The van der Waals surface area contributed by atoms with Crippen LogP contribution in [-0.2, 0) is 11.2 Å². The molecule has 1 aliphatic rings. The summed E-state index contributed by atoms with van der Waals surface area (Å²) in [6.07, 6.45) is 2.29. The molecule has 0 spiro atoms. The lowest BCUT2D eigenvalue weighted by molar-refractivity contribution is -0.121. The highest BCUT2D eigenvalue weighted by atomic mass is 32.1. The number of anilines is 1. The second-order valence-corrected chi connectivity index (χ2v) is 5.78. The highest BCUT2D eigenvalue weighted by Gasteiger charge is 2.24. The van der Waals surface area contributed by atoms with Crippen LogP contribution in [0.1, 0.15) is 32.4 Å². The zero-order chi connectivity index (χ0) is 14.5. The van der Waals surface area contributed by atoms with Gasteiger partial charge in [-0.3, -0.25) is 9.69 Å². The van der Waals surface area contributed by atoms with Gasteiger partial charge in [0.2, 0.25) is 5.91 Å². The Hall–Kier alpha value is -1.63. The Morgan fingerprint density at radius 2 is 2.45 bits per heavy atom. The molecular weight excluding hydrogens is 276 g/mol. The van der Waals surface area contributed by atoms with E-state index in [1.165, 1.54) is 11.3 Å². The second kappa shape index (κ2) is 6.69. The van der Waals surface area contributed by atoms with Gasteiger partial charge in [-0.1, -0.05) is 13.3 Å². The lowest BCUT2D eigenvalue weighted by Crippen LogP contribution is -2.33. The molecule has 3 amide bonds. The van der Waals surface area contributed by atoms with E-state index in [9.17, 15) is 9.59 Å². The Kier molecular flexibility index (Phi) is 4.94. The van der Waals surface area contributed by atoms with Crippen molar-refractivity contribution in [1.29, 1.82) is 0 Å². The Morgan fingerprint density at radius 1 is 1.65 bits per heavy atom. The number of thiazole rings is 1. The average Bonchev–Trinajstić information content (AvgIpc) is 2.98. The molecule has 6 nitrogen and oxygen atoms in total. The maximum absolute atomic E-state index is 11.9. The maximum atomic E-state index is 11.9. The topological polar surface area (TPSA) is 74.3 Å². The van der Waals surface area contributed by atoms with Gasteiger partial charge in [0.1, 0.15) is 0 Å². The molecular formula is C13H20N4O2S. The Bertz CT molecular complexity index is 488. The lowest BCUT2D eigenvalue weighted by atomic mass is 10.2. The third-order valence-electron chi connectivity index (χ3n) is 3.10. The molecule has 1 atom stereocenters. The number of urea groups is 1. The van der Waals surface area contributed by atoms with Crippen LogP contribution in [-0.4, -0.2) is 36.1 Å². The van der Waals surface area contributed by atoms with Crippen LogP contribution in [0.25, 0.3) is 0 Å². The highest BCUT2D eigenvalue weighted by molar-refractivity contribution is 7.14. The van der Waals surface area contributed by atoms with Gasteiger partial charge in [0, 0.05) is 24.5 Å². The number of hydrogen-bond acceptors (Lipinski definition) is 4. The first-order valence-corrected chi connectivity index (χ1v) is 7.77. The van der Waals surface area contributed by atoms with Gasteiger partial charge in [-0.05, 0) is 13.3 Å². The van der Waals surface area contributed by atoms with Crippen LogP contribution in [0, 0.1) is 0 Å². The van der Waals surface area contributed by atoms with E-state index < -0.39 is 0 Å². The molecule has 2 heterocycles. The summed E-state index contributed by atoms with van der Waals surface area (Å²) in [4.78, 5) is 29.3. The number of nitrogens with zero attached hydrogens (tertiary/aromatic N) is 2. The van der Waals surface area contributed by atoms with Crippen molar-refractivity contribution < 1.29 is 9.59 Å². The van der Waals surface area contributed by atoms with Crippen LogP contribution in [0.5, 0.6) is 0 Å². The van der Waals surface area contributed by atoms with Crippen LogP contribution >= 0.6 is 11.3 Å². The monoisotopic (exact) mass is 296 g/mol. The zero-order valence-corrected chi connectivity index (χ0v) is 12.6. The van der Waals surface area contributed by atoms with E-state index in [-0.39, 0.29) is 24.4 Å². The molecule has 0 bridgehead atoms. The van der Waals surface area contributed by atoms with E-state index in [4.69, 9.17) is 0 Å². The normalized spacial score (nSPS) is 16.1. The van der Waals surface area contributed by atoms with Gasteiger partial charge in [-0.2, -0.15) is 0 Å². The molecule has 1 aliphatic heterocycles. The van der Waals surface area contributed by atoms with Gasteiger partial charge < -0.3 is 10.6 Å². The van der Waals surface area contributed by atoms with Gasteiger partial charge in [0.15, 0.2) is 5.13 Å². The van der Waals surface area contributed by atoms with Crippen molar-refractivity contribution in [1.82, 2.24) is 15.6 Å². The smallest absolute Gasteiger partial charge is 0.323 e. The van der Waals surface area contributed by atoms with Crippen molar-refractivity contribution in [3.63, 3.8) is 0 Å². The van der Waals surface area contributed by atoms with Crippen LogP contribution in [0.3, 0.4) is 0 Å². The van der Waals surface area contributed by atoms with Crippen molar-refractivity contribution in [3.8, 4) is 0 Å². The van der Waals surface area contributed by atoms with Crippen molar-refractivity contribution in [2.24, 2.45) is 0 Å². The van der Waals surface area contributed by atoms with E-state index in [0.29, 0.717) is 23.9 Å². The summed E-state index contributed by atoms with van der Waals surface area (Å²) in [6.45, 7) is 5.37. The molecule has 7 heteroatoms. The number of carbonyl (C=O) groups excluding carboxylic acids is 2. The average molecular weight is 296 g/mol. The molecule has 20 heavy (non-hydrogen) atoms. The molecule has 1 aromatic heterocycles. The van der Waals surface area contributed by atoms with Gasteiger partial charge in [-0.15, -0.1) is 11.3 Å². The first-order chi connectivity index (χ1) is 9.60. The molecule has 0 aliphatic carbocycles. The fraction of sp³-hybridized carbons (Fsp3) is 0.615. The van der Waals surface area contributed by atoms with Crippen LogP contribution < -0.4 is 15.5 Å². The zero-order valence-electron chi connectivity index (χ0n) is 11.8. The molecule has 110 valence electrons. The first-order valence-electron chi connectivity index (χ1n) is 6.89. The largest absolute Gasteiger partial charge is 0.353 e. The Labute approximate surface area is 122 Å². The van der Waals surface area contributed by atoms with E-state index >= 15 is 0 Å². The summed E-state index contributed by atoms with van der Waals surface area (Å²) in [5, 5.41) is 8.18. The summed E-state index contributed by atoms with van der Waals surface area (Å²) in [6, 6.07) is 0.0712. The molecule has 2 N–H and O–H groups in total. The standard InChI is InChI=1S/C13H20N4O2S/c1-3-4-9(2)15-11(18)7-10-8-20-13(16-10)17-6-5-14-12(17)19/h8-9H,3-7H2,1-2H3,(H,14,19)(H,15,18)/t9-/m1/s1. The van der Waals surface area contributed by atoms with Crippen molar-refractivity contribution in [3.05, 3.63) is 11.1 Å². The fourth-order valence-corrected chi connectivity index (χ4v) is 3.00. The quantitative estimate of drug-likeness (QED) is 0.836. The number of hydrogen-bond donors (Lipinski definition) is 2. The number of nitrogens with one attached hydrogen (secondary N) is 2. The van der Waals surface area contributed by atoms with Crippen molar-refractivity contribution in [2.75, 3.05) is 18.0 Å². The van der Waals surface area contributed by atoms with E-state index in [0.717, 1.165) is 12.8 Å². The predicted octanol–water partition coefficient (Wildman–Crippen LogP) is 1.52. The van der Waals surface area contributed by atoms with Crippen LogP contribution in [0.4, 0.5) is 9.93 Å². The fourth-order valence-electron chi connectivity index (χ4n) is 2.15. The van der Waals surface area contributed by atoms with Gasteiger partial charge >= 0.3 is 6.03 Å². The number of amides is 3. The molecule has 0 saturated carbocycles.